The van der Waals surface area contributed by atoms with E-state index in [1.807, 2.05) is 4.90 Å². The number of benzene rings is 1. The summed E-state index contributed by atoms with van der Waals surface area (Å²) in [5, 5.41) is 6.30. The first-order valence-corrected chi connectivity index (χ1v) is 9.52. The van der Waals surface area contributed by atoms with Crippen molar-refractivity contribution in [2.24, 2.45) is 4.99 Å². The molecule has 2 N–H and O–H groups in total. The number of hydrogen-bond donors (Lipinski definition) is 2. The number of anilines is 1. The molecule has 0 aromatic heterocycles. The fourth-order valence-corrected chi connectivity index (χ4v) is 3.67. The van der Waals surface area contributed by atoms with Crippen molar-refractivity contribution in [3.05, 3.63) is 29.8 Å². The predicted molar refractivity (Wildman–Crippen MR) is 117 cm³/mol. The van der Waals surface area contributed by atoms with Gasteiger partial charge in [0.25, 0.3) is 0 Å². The van der Waals surface area contributed by atoms with Gasteiger partial charge in [0.1, 0.15) is 17.3 Å². The van der Waals surface area contributed by atoms with E-state index in [-0.39, 0.29) is 48.2 Å². The highest BCUT2D eigenvalue weighted by Gasteiger charge is 2.27. The lowest BCUT2D eigenvalue weighted by atomic mass is 10.1. The van der Waals surface area contributed by atoms with Crippen molar-refractivity contribution in [3.8, 4) is 0 Å². The molecule has 1 aromatic carbocycles. The Kier molecular flexibility index (Phi) is 8.71. The number of carbonyl (C=O) groups is 1. The van der Waals surface area contributed by atoms with Gasteiger partial charge in [0.2, 0.25) is 5.91 Å². The Bertz CT molecular complexity index is 677. The van der Waals surface area contributed by atoms with Gasteiger partial charge in [0.15, 0.2) is 5.96 Å². The molecule has 3 rings (SSSR count). The Hall–Kier alpha value is -1.65. The molecular formula is C19H28F2IN5O. The lowest BCUT2D eigenvalue weighted by Crippen LogP contribution is -2.49. The van der Waals surface area contributed by atoms with Gasteiger partial charge in [-0.1, -0.05) is 6.07 Å². The van der Waals surface area contributed by atoms with E-state index in [1.54, 1.807) is 11.9 Å². The van der Waals surface area contributed by atoms with Gasteiger partial charge >= 0.3 is 0 Å². The van der Waals surface area contributed by atoms with Crippen LogP contribution in [-0.4, -0.2) is 62.6 Å². The van der Waals surface area contributed by atoms with Crippen molar-refractivity contribution in [2.45, 2.75) is 31.7 Å². The molecule has 0 bridgehead atoms. The molecular weight excluding hydrogens is 479 g/mol. The van der Waals surface area contributed by atoms with Gasteiger partial charge in [-0.25, -0.2) is 8.78 Å². The van der Waals surface area contributed by atoms with E-state index in [0.29, 0.717) is 19.0 Å². The Morgan fingerprint density at radius 1 is 1.18 bits per heavy atom. The van der Waals surface area contributed by atoms with Crippen LogP contribution < -0.4 is 15.5 Å². The third-order valence-corrected chi connectivity index (χ3v) is 5.12. The number of para-hydroxylation sites is 1. The summed E-state index contributed by atoms with van der Waals surface area (Å²) >= 11 is 0. The fraction of sp³-hybridized carbons (Fsp3) is 0.579. The molecule has 28 heavy (non-hydrogen) atoms. The average Bonchev–Trinajstić information content (AvgIpc) is 3.13. The maximum absolute atomic E-state index is 14.0. The van der Waals surface area contributed by atoms with E-state index in [1.165, 1.54) is 24.6 Å². The second-order valence-electron chi connectivity index (χ2n) is 7.01. The zero-order valence-corrected chi connectivity index (χ0v) is 18.4. The quantitative estimate of drug-likeness (QED) is 0.374. The van der Waals surface area contributed by atoms with Crippen LogP contribution in [0.15, 0.2) is 23.2 Å². The molecule has 2 heterocycles. The number of aliphatic imine (C=N–C) groups is 1. The van der Waals surface area contributed by atoms with Crippen molar-refractivity contribution < 1.29 is 13.6 Å². The third-order valence-electron chi connectivity index (χ3n) is 5.12. The molecule has 1 unspecified atom stereocenters. The molecule has 0 radical (unpaired) electrons. The molecule has 0 spiro atoms. The number of likely N-dealkylation sites (tertiary alicyclic amines) is 1. The maximum Gasteiger partial charge on any atom is 0.241 e. The first-order valence-electron chi connectivity index (χ1n) is 9.52. The summed E-state index contributed by atoms with van der Waals surface area (Å²) in [5.74, 6) is -0.504. The highest BCUT2D eigenvalue weighted by Crippen LogP contribution is 2.26. The molecule has 1 amide bonds. The van der Waals surface area contributed by atoms with E-state index in [2.05, 4.69) is 15.6 Å². The van der Waals surface area contributed by atoms with Gasteiger partial charge in [-0.15, -0.1) is 24.0 Å². The van der Waals surface area contributed by atoms with Crippen molar-refractivity contribution >= 4 is 41.5 Å². The zero-order chi connectivity index (χ0) is 19.2. The standard InChI is InChI=1S/C19H27F2N5O.HI/c1-22-19(23-12-17(27)25-9-3-2-4-10-25)24-14-8-11-26(13-14)18-15(20)6-5-7-16(18)21;/h5-7,14H,2-4,8-13H2,1H3,(H2,22,23,24);1H. The SMILES string of the molecule is CN=C(NCC(=O)N1CCCCC1)NC1CCN(c2c(F)cccc2F)C1.I. The minimum Gasteiger partial charge on any atom is -0.365 e. The molecule has 156 valence electrons. The molecule has 0 saturated carbocycles. The van der Waals surface area contributed by atoms with Gasteiger partial charge in [-0.3, -0.25) is 9.79 Å². The van der Waals surface area contributed by atoms with Gasteiger partial charge in [-0.05, 0) is 37.8 Å². The van der Waals surface area contributed by atoms with Crippen LogP contribution >= 0.6 is 24.0 Å². The smallest absolute Gasteiger partial charge is 0.241 e. The lowest BCUT2D eigenvalue weighted by Gasteiger charge is -2.27. The zero-order valence-electron chi connectivity index (χ0n) is 16.1. The number of guanidine groups is 1. The van der Waals surface area contributed by atoms with E-state index in [4.69, 9.17) is 0 Å². The van der Waals surface area contributed by atoms with Gasteiger partial charge < -0.3 is 20.4 Å². The molecule has 9 heteroatoms. The van der Waals surface area contributed by atoms with Crippen molar-refractivity contribution in [2.75, 3.05) is 44.7 Å². The highest BCUT2D eigenvalue weighted by molar-refractivity contribution is 14.0. The summed E-state index contributed by atoms with van der Waals surface area (Å²) in [6.45, 7) is 2.85. The predicted octanol–water partition coefficient (Wildman–Crippen LogP) is 2.34. The summed E-state index contributed by atoms with van der Waals surface area (Å²) in [7, 11) is 1.64. The second-order valence-corrected chi connectivity index (χ2v) is 7.01. The fourth-order valence-electron chi connectivity index (χ4n) is 3.67. The molecule has 1 aromatic rings. The first-order chi connectivity index (χ1) is 13.1. The number of carbonyl (C=O) groups excluding carboxylic acids is 1. The van der Waals surface area contributed by atoms with Crippen molar-refractivity contribution in [1.29, 1.82) is 0 Å². The second kappa shape index (κ2) is 10.8. The van der Waals surface area contributed by atoms with Crippen LogP contribution in [0.3, 0.4) is 0 Å². The molecule has 2 aliphatic rings. The minimum atomic E-state index is -0.551. The number of nitrogens with one attached hydrogen (secondary N) is 2. The van der Waals surface area contributed by atoms with Crippen LogP contribution in [0.5, 0.6) is 0 Å². The Morgan fingerprint density at radius 3 is 2.50 bits per heavy atom. The minimum absolute atomic E-state index is 0. The first kappa shape index (κ1) is 22.6. The molecule has 2 aliphatic heterocycles. The van der Waals surface area contributed by atoms with Gasteiger partial charge in [-0.2, -0.15) is 0 Å². The summed E-state index contributed by atoms with van der Waals surface area (Å²) in [5.41, 5.74) is 0.0185. The topological polar surface area (TPSA) is 60.0 Å². The van der Waals surface area contributed by atoms with E-state index in [9.17, 15) is 13.6 Å². The van der Waals surface area contributed by atoms with Crippen molar-refractivity contribution in [3.63, 3.8) is 0 Å². The molecule has 1 atom stereocenters. The molecule has 2 saturated heterocycles. The summed E-state index contributed by atoms with van der Waals surface area (Å²) in [6.07, 6.45) is 4.03. The normalized spacial score (nSPS) is 20.0. The molecule has 2 fully saturated rings. The molecule has 6 nitrogen and oxygen atoms in total. The summed E-state index contributed by atoms with van der Waals surface area (Å²) < 4.78 is 27.9. The Morgan fingerprint density at radius 2 is 1.86 bits per heavy atom. The molecule has 0 aliphatic carbocycles. The largest absolute Gasteiger partial charge is 0.365 e. The summed E-state index contributed by atoms with van der Waals surface area (Å²) in [4.78, 5) is 20.0. The number of piperidine rings is 1. The van der Waals surface area contributed by atoms with Crippen LogP contribution in [0.4, 0.5) is 14.5 Å². The number of hydrogen-bond acceptors (Lipinski definition) is 3. The summed E-state index contributed by atoms with van der Waals surface area (Å²) in [6, 6.07) is 3.91. The Balaban J connectivity index is 0.00000280. The van der Waals surface area contributed by atoms with E-state index < -0.39 is 11.6 Å². The third kappa shape index (κ3) is 5.68. The average molecular weight is 507 g/mol. The van der Waals surface area contributed by atoms with E-state index in [0.717, 1.165) is 32.4 Å². The number of nitrogens with zero attached hydrogens (tertiary/aromatic N) is 3. The monoisotopic (exact) mass is 507 g/mol. The van der Waals surface area contributed by atoms with Crippen molar-refractivity contribution in [1.82, 2.24) is 15.5 Å². The van der Waals surface area contributed by atoms with Crippen LogP contribution in [0, 0.1) is 11.6 Å². The van der Waals surface area contributed by atoms with Crippen LogP contribution in [0.25, 0.3) is 0 Å². The van der Waals surface area contributed by atoms with Gasteiger partial charge in [0, 0.05) is 39.3 Å². The lowest BCUT2D eigenvalue weighted by molar-refractivity contribution is -0.130. The Labute approximate surface area is 181 Å². The maximum atomic E-state index is 14.0. The van der Waals surface area contributed by atoms with E-state index >= 15 is 0 Å². The van der Waals surface area contributed by atoms with Crippen LogP contribution in [0.1, 0.15) is 25.7 Å². The van der Waals surface area contributed by atoms with Crippen LogP contribution in [0.2, 0.25) is 0 Å². The number of amides is 1. The number of rotatable bonds is 4. The number of halogens is 3. The highest BCUT2D eigenvalue weighted by atomic mass is 127. The van der Waals surface area contributed by atoms with Gasteiger partial charge in [0.05, 0.1) is 6.54 Å². The van der Waals surface area contributed by atoms with Crippen LogP contribution in [-0.2, 0) is 4.79 Å².